The van der Waals surface area contributed by atoms with Crippen LogP contribution in [0.2, 0.25) is 0 Å². The zero-order valence-electron chi connectivity index (χ0n) is 12.9. The van der Waals surface area contributed by atoms with Crippen molar-refractivity contribution in [1.82, 2.24) is 5.32 Å². The van der Waals surface area contributed by atoms with Crippen LogP contribution in [0, 0.1) is 0 Å². The van der Waals surface area contributed by atoms with Gasteiger partial charge in [-0.25, -0.2) is 0 Å². The molecule has 1 aliphatic carbocycles. The molecule has 0 heterocycles. The van der Waals surface area contributed by atoms with Crippen molar-refractivity contribution in [2.75, 3.05) is 0 Å². The Morgan fingerprint density at radius 1 is 1.33 bits per heavy atom. The third kappa shape index (κ3) is 3.84. The Kier molecular flexibility index (Phi) is 4.99. The van der Waals surface area contributed by atoms with Gasteiger partial charge in [0, 0.05) is 18.0 Å². The number of hydrogen-bond acceptors (Lipinski definition) is 3. The van der Waals surface area contributed by atoms with Gasteiger partial charge in [0.2, 0.25) is 0 Å². The molecule has 1 N–H and O–H groups in total. The molecule has 1 aromatic carbocycles. The molecule has 0 saturated carbocycles. The van der Waals surface area contributed by atoms with Crippen molar-refractivity contribution in [2.45, 2.75) is 58.6 Å². The zero-order valence-corrected chi connectivity index (χ0v) is 12.9. The van der Waals surface area contributed by atoms with Crippen molar-refractivity contribution in [3.8, 4) is 5.75 Å². The van der Waals surface area contributed by atoms with Crippen LogP contribution in [0.1, 0.15) is 56.0 Å². The number of carbonyl (C=O) groups excluding carboxylic acids is 2. The largest absolute Gasteiger partial charge is 0.481 e. The number of benzene rings is 1. The van der Waals surface area contributed by atoms with Crippen molar-refractivity contribution >= 4 is 11.7 Å². The lowest BCUT2D eigenvalue weighted by Crippen LogP contribution is -2.41. The summed E-state index contributed by atoms with van der Waals surface area (Å²) in [5, 5.41) is 2.90. The molecule has 0 aliphatic heterocycles. The van der Waals surface area contributed by atoms with Crippen LogP contribution in [0.3, 0.4) is 0 Å². The Morgan fingerprint density at radius 2 is 2.10 bits per heavy atom. The van der Waals surface area contributed by atoms with Gasteiger partial charge in [0.15, 0.2) is 11.9 Å². The van der Waals surface area contributed by atoms with Gasteiger partial charge >= 0.3 is 0 Å². The molecular weight excluding hydrogens is 266 g/mol. The van der Waals surface area contributed by atoms with Gasteiger partial charge < -0.3 is 10.1 Å². The number of Topliss-reactive ketones (excluding diaryl/α,β-unsaturated/α-hetero) is 1. The number of ketones is 1. The number of ether oxygens (including phenoxy) is 1. The molecule has 2 rings (SSSR count). The van der Waals surface area contributed by atoms with Crippen LogP contribution in [-0.4, -0.2) is 23.8 Å². The molecule has 0 bridgehead atoms. The topological polar surface area (TPSA) is 55.4 Å². The fourth-order valence-electron chi connectivity index (χ4n) is 2.42. The Labute approximate surface area is 125 Å². The summed E-state index contributed by atoms with van der Waals surface area (Å²) in [6, 6.07) is 5.62. The first-order valence-corrected chi connectivity index (χ1v) is 7.64. The fraction of sp³-hybridized carbons (Fsp3) is 0.529. The summed E-state index contributed by atoms with van der Waals surface area (Å²) in [6.45, 7) is 5.73. The van der Waals surface area contributed by atoms with Crippen LogP contribution in [0.25, 0.3) is 0 Å². The van der Waals surface area contributed by atoms with Crippen LogP contribution >= 0.6 is 0 Å². The highest BCUT2D eigenvalue weighted by Gasteiger charge is 2.20. The van der Waals surface area contributed by atoms with Gasteiger partial charge in [-0.05, 0) is 56.9 Å². The van der Waals surface area contributed by atoms with Crippen molar-refractivity contribution in [3.05, 3.63) is 29.3 Å². The highest BCUT2D eigenvalue weighted by molar-refractivity contribution is 5.98. The minimum atomic E-state index is -0.545. The predicted molar refractivity (Wildman–Crippen MR) is 81.7 cm³/mol. The summed E-state index contributed by atoms with van der Waals surface area (Å²) < 4.78 is 5.70. The first kappa shape index (κ1) is 15.5. The molecule has 21 heavy (non-hydrogen) atoms. The molecule has 0 spiro atoms. The number of amides is 1. The van der Waals surface area contributed by atoms with Crippen LogP contribution < -0.4 is 10.1 Å². The summed E-state index contributed by atoms with van der Waals surface area (Å²) in [4.78, 5) is 23.7. The molecule has 0 fully saturated rings. The Balaban J connectivity index is 2.03. The molecule has 0 saturated heterocycles. The molecule has 1 aliphatic rings. The van der Waals surface area contributed by atoms with Gasteiger partial charge in [0.05, 0.1) is 0 Å². The normalized spacial score (nSPS) is 16.8. The van der Waals surface area contributed by atoms with E-state index >= 15 is 0 Å². The Hall–Kier alpha value is -1.84. The summed E-state index contributed by atoms with van der Waals surface area (Å²) in [5.41, 5.74) is 1.82. The maximum atomic E-state index is 12.0. The zero-order chi connectivity index (χ0) is 15.4. The van der Waals surface area contributed by atoms with Gasteiger partial charge in [-0.3, -0.25) is 9.59 Å². The second kappa shape index (κ2) is 6.74. The van der Waals surface area contributed by atoms with Crippen LogP contribution in [0.15, 0.2) is 18.2 Å². The van der Waals surface area contributed by atoms with E-state index in [1.807, 2.05) is 26.0 Å². The number of fused-ring (bicyclic) bond motifs is 1. The minimum absolute atomic E-state index is 0.113. The van der Waals surface area contributed by atoms with Crippen molar-refractivity contribution in [3.63, 3.8) is 0 Å². The molecular formula is C17H23NO3. The number of rotatable bonds is 5. The van der Waals surface area contributed by atoms with E-state index in [4.69, 9.17) is 4.74 Å². The van der Waals surface area contributed by atoms with Gasteiger partial charge in [-0.15, -0.1) is 0 Å². The average molecular weight is 289 g/mol. The van der Waals surface area contributed by atoms with Crippen molar-refractivity contribution < 1.29 is 14.3 Å². The lowest BCUT2D eigenvalue weighted by Gasteiger charge is -2.20. The summed E-state index contributed by atoms with van der Waals surface area (Å²) in [5.74, 6) is 0.735. The smallest absolute Gasteiger partial charge is 0.260 e. The molecule has 0 aromatic heterocycles. The Bertz CT molecular complexity index is 539. The average Bonchev–Trinajstić information content (AvgIpc) is 2.47. The number of aryl methyl sites for hydroxylation is 1. The third-order valence-corrected chi connectivity index (χ3v) is 3.91. The maximum Gasteiger partial charge on any atom is 0.260 e. The number of nitrogens with one attached hydrogen (secondary N) is 1. The second-order valence-corrected chi connectivity index (χ2v) is 5.67. The highest BCUT2D eigenvalue weighted by Crippen LogP contribution is 2.25. The van der Waals surface area contributed by atoms with Crippen molar-refractivity contribution in [1.29, 1.82) is 0 Å². The first-order chi connectivity index (χ1) is 10.0. The molecule has 0 radical (unpaired) electrons. The van der Waals surface area contributed by atoms with E-state index in [1.54, 1.807) is 13.0 Å². The standard InChI is InChI=1S/C17H23NO3/c1-4-11(2)18-17(20)12(3)21-14-8-9-15-13(10-14)6-5-7-16(15)19/h8-12H,4-7H2,1-3H3,(H,18,20). The number of carbonyl (C=O) groups is 2. The lowest BCUT2D eigenvalue weighted by molar-refractivity contribution is -0.127. The van der Waals surface area contributed by atoms with E-state index in [2.05, 4.69) is 5.32 Å². The van der Waals surface area contributed by atoms with Crippen molar-refractivity contribution in [2.24, 2.45) is 0 Å². The molecule has 1 aromatic rings. The molecule has 114 valence electrons. The SMILES string of the molecule is CCC(C)NC(=O)C(C)Oc1ccc2c(c1)CCCC2=O. The molecule has 4 heteroatoms. The van der Waals surface area contributed by atoms with Crippen LogP contribution in [-0.2, 0) is 11.2 Å². The van der Waals surface area contributed by atoms with E-state index in [1.165, 1.54) is 0 Å². The molecule has 2 atom stereocenters. The summed E-state index contributed by atoms with van der Waals surface area (Å²) in [6.07, 6.45) is 2.75. The van der Waals surface area contributed by atoms with E-state index in [9.17, 15) is 9.59 Å². The van der Waals surface area contributed by atoms with Crippen LogP contribution in [0.5, 0.6) is 5.75 Å². The lowest BCUT2D eigenvalue weighted by atomic mass is 9.90. The first-order valence-electron chi connectivity index (χ1n) is 7.64. The third-order valence-electron chi connectivity index (χ3n) is 3.91. The van der Waals surface area contributed by atoms with Gasteiger partial charge in [-0.2, -0.15) is 0 Å². The molecule has 4 nitrogen and oxygen atoms in total. The maximum absolute atomic E-state index is 12.0. The van der Waals surface area contributed by atoms with Gasteiger partial charge in [0.1, 0.15) is 5.75 Å². The van der Waals surface area contributed by atoms with E-state index < -0.39 is 6.10 Å². The van der Waals surface area contributed by atoms with Gasteiger partial charge in [-0.1, -0.05) is 6.92 Å². The summed E-state index contributed by atoms with van der Waals surface area (Å²) in [7, 11) is 0. The van der Waals surface area contributed by atoms with Gasteiger partial charge in [0.25, 0.3) is 5.91 Å². The number of hydrogen-bond donors (Lipinski definition) is 1. The van der Waals surface area contributed by atoms with E-state index in [0.717, 1.165) is 30.4 Å². The highest BCUT2D eigenvalue weighted by atomic mass is 16.5. The van der Waals surface area contributed by atoms with Crippen LogP contribution in [0.4, 0.5) is 0 Å². The quantitative estimate of drug-likeness (QED) is 0.906. The fourth-order valence-corrected chi connectivity index (χ4v) is 2.42. The molecule has 2 unspecified atom stereocenters. The monoisotopic (exact) mass is 289 g/mol. The van der Waals surface area contributed by atoms with E-state index in [0.29, 0.717) is 12.2 Å². The minimum Gasteiger partial charge on any atom is -0.481 e. The Morgan fingerprint density at radius 3 is 2.81 bits per heavy atom. The predicted octanol–water partition coefficient (Wildman–Crippen LogP) is 2.89. The van der Waals surface area contributed by atoms with E-state index in [-0.39, 0.29) is 17.7 Å². The second-order valence-electron chi connectivity index (χ2n) is 5.67. The molecule has 1 amide bonds. The summed E-state index contributed by atoms with van der Waals surface area (Å²) >= 11 is 0.